The first kappa shape index (κ1) is 12.4. The van der Waals surface area contributed by atoms with Crippen molar-refractivity contribution < 1.29 is 4.52 Å². The highest BCUT2D eigenvalue weighted by atomic mass is 16.5. The second-order valence-corrected chi connectivity index (χ2v) is 5.39. The molecular formula is C16H20N2O. The molecule has 1 aliphatic carbocycles. The molecule has 0 spiro atoms. The van der Waals surface area contributed by atoms with Gasteiger partial charge in [0.1, 0.15) is 5.76 Å². The number of hydrogen-bond acceptors (Lipinski definition) is 3. The monoisotopic (exact) mass is 256 g/mol. The third-order valence-corrected chi connectivity index (χ3v) is 4.10. The SMILES string of the molecule is Cc1noc(C)c1CNC1CCc2ccccc2C1. The van der Waals surface area contributed by atoms with Gasteiger partial charge in [-0.1, -0.05) is 29.4 Å². The van der Waals surface area contributed by atoms with Crippen LogP contribution in [0.3, 0.4) is 0 Å². The van der Waals surface area contributed by atoms with Gasteiger partial charge in [0.25, 0.3) is 0 Å². The number of aryl methyl sites for hydroxylation is 3. The fraction of sp³-hybridized carbons (Fsp3) is 0.438. The largest absolute Gasteiger partial charge is 0.361 e. The second kappa shape index (κ2) is 5.17. The molecule has 1 atom stereocenters. The lowest BCUT2D eigenvalue weighted by Gasteiger charge is -2.25. The number of nitrogens with zero attached hydrogens (tertiary/aromatic N) is 1. The molecule has 3 heteroatoms. The lowest BCUT2D eigenvalue weighted by molar-refractivity contribution is 0.390. The summed E-state index contributed by atoms with van der Waals surface area (Å²) in [7, 11) is 0. The van der Waals surface area contributed by atoms with E-state index in [1.54, 1.807) is 0 Å². The Bertz CT molecular complexity index is 554. The van der Waals surface area contributed by atoms with Crippen molar-refractivity contribution in [2.75, 3.05) is 0 Å². The van der Waals surface area contributed by atoms with Crippen LogP contribution in [0.1, 0.15) is 34.6 Å². The predicted molar refractivity (Wildman–Crippen MR) is 75.1 cm³/mol. The van der Waals surface area contributed by atoms with E-state index in [1.165, 1.54) is 29.5 Å². The Balaban J connectivity index is 1.64. The molecule has 1 aromatic heterocycles. The third-order valence-electron chi connectivity index (χ3n) is 4.10. The fourth-order valence-electron chi connectivity index (χ4n) is 2.87. The van der Waals surface area contributed by atoms with Gasteiger partial charge in [-0.15, -0.1) is 0 Å². The summed E-state index contributed by atoms with van der Waals surface area (Å²) in [6.45, 7) is 4.84. The summed E-state index contributed by atoms with van der Waals surface area (Å²) >= 11 is 0. The van der Waals surface area contributed by atoms with E-state index >= 15 is 0 Å². The minimum atomic E-state index is 0.559. The maximum atomic E-state index is 5.20. The number of rotatable bonds is 3. The summed E-state index contributed by atoms with van der Waals surface area (Å²) in [5.74, 6) is 0.932. The van der Waals surface area contributed by atoms with Gasteiger partial charge >= 0.3 is 0 Å². The molecule has 0 fully saturated rings. The highest BCUT2D eigenvalue weighted by Gasteiger charge is 2.18. The normalized spacial score (nSPS) is 18.3. The smallest absolute Gasteiger partial charge is 0.138 e. The van der Waals surface area contributed by atoms with Gasteiger partial charge in [0.2, 0.25) is 0 Å². The quantitative estimate of drug-likeness (QED) is 0.917. The Hall–Kier alpha value is -1.61. The van der Waals surface area contributed by atoms with E-state index in [1.807, 2.05) is 13.8 Å². The summed E-state index contributed by atoms with van der Waals surface area (Å²) in [6, 6.07) is 9.33. The lowest BCUT2D eigenvalue weighted by atomic mass is 9.88. The molecule has 0 saturated carbocycles. The van der Waals surface area contributed by atoms with Gasteiger partial charge in [0, 0.05) is 18.2 Å². The average Bonchev–Trinajstić information content (AvgIpc) is 2.76. The minimum Gasteiger partial charge on any atom is -0.361 e. The van der Waals surface area contributed by atoms with Crippen LogP contribution in [0.25, 0.3) is 0 Å². The molecule has 19 heavy (non-hydrogen) atoms. The summed E-state index contributed by atoms with van der Waals surface area (Å²) in [6.07, 6.45) is 3.51. The number of benzene rings is 1. The van der Waals surface area contributed by atoms with Gasteiger partial charge < -0.3 is 9.84 Å². The standard InChI is InChI=1S/C16H20N2O/c1-11-16(12(2)19-18-11)10-17-15-8-7-13-5-3-4-6-14(13)9-15/h3-6,15,17H,7-10H2,1-2H3. The third kappa shape index (κ3) is 2.56. The Kier molecular flexibility index (Phi) is 3.38. The number of hydrogen-bond donors (Lipinski definition) is 1. The van der Waals surface area contributed by atoms with Crippen molar-refractivity contribution in [2.24, 2.45) is 0 Å². The van der Waals surface area contributed by atoms with E-state index < -0.39 is 0 Å². The van der Waals surface area contributed by atoms with E-state index in [2.05, 4.69) is 34.7 Å². The molecule has 100 valence electrons. The first-order valence-corrected chi connectivity index (χ1v) is 6.96. The van der Waals surface area contributed by atoms with Crippen LogP contribution in [0.5, 0.6) is 0 Å². The van der Waals surface area contributed by atoms with Crippen LogP contribution in [-0.4, -0.2) is 11.2 Å². The molecule has 1 unspecified atom stereocenters. The maximum Gasteiger partial charge on any atom is 0.138 e. The molecule has 0 radical (unpaired) electrons. The Morgan fingerprint density at radius 1 is 1.26 bits per heavy atom. The zero-order valence-electron chi connectivity index (χ0n) is 11.6. The highest BCUT2D eigenvalue weighted by molar-refractivity contribution is 5.30. The van der Waals surface area contributed by atoms with Crippen molar-refractivity contribution in [3.8, 4) is 0 Å². The van der Waals surface area contributed by atoms with Gasteiger partial charge in [-0.25, -0.2) is 0 Å². The van der Waals surface area contributed by atoms with Crippen LogP contribution in [0, 0.1) is 13.8 Å². The van der Waals surface area contributed by atoms with Gasteiger partial charge in [-0.3, -0.25) is 0 Å². The van der Waals surface area contributed by atoms with E-state index in [4.69, 9.17) is 4.52 Å². The molecule has 0 amide bonds. The van der Waals surface area contributed by atoms with Crippen molar-refractivity contribution in [3.05, 3.63) is 52.4 Å². The molecule has 0 bridgehead atoms. The zero-order valence-corrected chi connectivity index (χ0v) is 11.6. The van der Waals surface area contributed by atoms with Crippen molar-refractivity contribution in [1.82, 2.24) is 10.5 Å². The summed E-state index contributed by atoms with van der Waals surface area (Å²) < 4.78 is 5.20. The van der Waals surface area contributed by atoms with Gasteiger partial charge in [0.05, 0.1) is 5.69 Å². The topological polar surface area (TPSA) is 38.1 Å². The number of aromatic nitrogens is 1. The van der Waals surface area contributed by atoms with Crippen LogP contribution < -0.4 is 5.32 Å². The zero-order chi connectivity index (χ0) is 13.2. The van der Waals surface area contributed by atoms with E-state index in [0.717, 1.165) is 24.4 Å². The molecule has 1 N–H and O–H groups in total. The van der Waals surface area contributed by atoms with Crippen molar-refractivity contribution in [2.45, 2.75) is 45.7 Å². The molecule has 1 heterocycles. The van der Waals surface area contributed by atoms with E-state index in [-0.39, 0.29) is 0 Å². The van der Waals surface area contributed by atoms with Crippen LogP contribution in [-0.2, 0) is 19.4 Å². The molecule has 2 aromatic rings. The number of nitrogens with one attached hydrogen (secondary N) is 1. The Morgan fingerprint density at radius 3 is 2.79 bits per heavy atom. The molecule has 1 aromatic carbocycles. The second-order valence-electron chi connectivity index (χ2n) is 5.39. The first-order valence-electron chi connectivity index (χ1n) is 6.96. The number of fused-ring (bicyclic) bond motifs is 1. The average molecular weight is 256 g/mol. The predicted octanol–water partition coefficient (Wildman–Crippen LogP) is 2.94. The lowest BCUT2D eigenvalue weighted by Crippen LogP contribution is -2.34. The van der Waals surface area contributed by atoms with Crippen molar-refractivity contribution >= 4 is 0 Å². The van der Waals surface area contributed by atoms with Crippen LogP contribution >= 0.6 is 0 Å². The van der Waals surface area contributed by atoms with Crippen molar-refractivity contribution in [3.63, 3.8) is 0 Å². The fourth-order valence-corrected chi connectivity index (χ4v) is 2.87. The molecule has 1 aliphatic rings. The molecule has 3 nitrogen and oxygen atoms in total. The molecule has 0 aliphatic heterocycles. The van der Waals surface area contributed by atoms with Crippen LogP contribution in [0.15, 0.2) is 28.8 Å². The van der Waals surface area contributed by atoms with Crippen LogP contribution in [0.4, 0.5) is 0 Å². The van der Waals surface area contributed by atoms with Crippen LogP contribution in [0.2, 0.25) is 0 Å². The first-order chi connectivity index (χ1) is 9.24. The Labute approximate surface area is 114 Å². The minimum absolute atomic E-state index is 0.559. The molecular weight excluding hydrogens is 236 g/mol. The summed E-state index contributed by atoms with van der Waals surface area (Å²) in [5, 5.41) is 7.65. The maximum absolute atomic E-state index is 5.20. The Morgan fingerprint density at radius 2 is 2.05 bits per heavy atom. The van der Waals surface area contributed by atoms with Gasteiger partial charge in [0.15, 0.2) is 0 Å². The molecule has 0 saturated heterocycles. The molecule has 3 rings (SSSR count). The van der Waals surface area contributed by atoms with E-state index in [9.17, 15) is 0 Å². The van der Waals surface area contributed by atoms with Gasteiger partial charge in [-0.2, -0.15) is 0 Å². The highest BCUT2D eigenvalue weighted by Crippen LogP contribution is 2.21. The van der Waals surface area contributed by atoms with E-state index in [0.29, 0.717) is 6.04 Å². The summed E-state index contributed by atoms with van der Waals surface area (Å²) in [5.41, 5.74) is 5.21. The van der Waals surface area contributed by atoms with Gasteiger partial charge in [-0.05, 0) is 44.2 Å². The van der Waals surface area contributed by atoms with Crippen molar-refractivity contribution in [1.29, 1.82) is 0 Å². The summed E-state index contributed by atoms with van der Waals surface area (Å²) in [4.78, 5) is 0.